The molecule has 0 saturated heterocycles. The summed E-state index contributed by atoms with van der Waals surface area (Å²) in [5, 5.41) is 2.87. The zero-order valence-corrected chi connectivity index (χ0v) is 10.2. The summed E-state index contributed by atoms with van der Waals surface area (Å²) < 4.78 is 27.2. The average Bonchev–Trinajstić information content (AvgIpc) is 2.25. The molecule has 7 nitrogen and oxygen atoms in total. The molecule has 0 amide bonds. The molecule has 1 aliphatic rings. The lowest BCUT2D eigenvalue weighted by Gasteiger charge is -2.19. The maximum absolute atomic E-state index is 11.8. The van der Waals surface area contributed by atoms with E-state index >= 15 is 0 Å². The van der Waals surface area contributed by atoms with E-state index in [4.69, 9.17) is 0 Å². The molecule has 17 heavy (non-hydrogen) atoms. The van der Waals surface area contributed by atoms with Gasteiger partial charge in [-0.3, -0.25) is 10.4 Å². The highest BCUT2D eigenvalue weighted by atomic mass is 32.2. The minimum Gasteiger partial charge on any atom is -0.323 e. The average molecular weight is 255 g/mol. The van der Waals surface area contributed by atoms with Crippen molar-refractivity contribution in [3.05, 3.63) is 18.5 Å². The lowest BCUT2D eigenvalue weighted by Crippen LogP contribution is -2.46. The summed E-state index contributed by atoms with van der Waals surface area (Å²) in [6.45, 7) is 3.84. The Labute approximate surface area is 99.4 Å². The molecule has 0 aromatic carbocycles. The first-order chi connectivity index (χ1) is 7.99. The topological polar surface area (TPSA) is 95.5 Å². The van der Waals surface area contributed by atoms with E-state index in [1.807, 2.05) is 13.8 Å². The first kappa shape index (κ1) is 11.8. The predicted molar refractivity (Wildman–Crippen MR) is 63.9 cm³/mol. The number of fused-ring (bicyclic) bond motifs is 1. The molecular weight excluding hydrogens is 242 g/mol. The van der Waals surface area contributed by atoms with Gasteiger partial charge in [0, 0.05) is 18.4 Å². The second kappa shape index (κ2) is 4.30. The summed E-state index contributed by atoms with van der Waals surface area (Å²) in [5.41, 5.74) is 6.03. The highest BCUT2D eigenvalue weighted by Gasteiger charge is 2.24. The van der Waals surface area contributed by atoms with Gasteiger partial charge in [-0.2, -0.15) is 8.42 Å². The Morgan fingerprint density at radius 1 is 1.41 bits per heavy atom. The van der Waals surface area contributed by atoms with Crippen molar-refractivity contribution in [1.29, 1.82) is 0 Å². The van der Waals surface area contributed by atoms with Crippen molar-refractivity contribution in [1.82, 2.24) is 15.8 Å². The van der Waals surface area contributed by atoms with Gasteiger partial charge < -0.3 is 5.32 Å². The highest BCUT2D eigenvalue weighted by Crippen LogP contribution is 2.24. The van der Waals surface area contributed by atoms with Crippen molar-refractivity contribution >= 4 is 21.7 Å². The van der Waals surface area contributed by atoms with Crippen LogP contribution in [0.25, 0.3) is 0 Å². The normalized spacial score (nSPS) is 17.0. The fourth-order valence-electron chi connectivity index (χ4n) is 1.28. The van der Waals surface area contributed by atoms with Gasteiger partial charge in [-0.25, -0.2) is 5.43 Å². The monoisotopic (exact) mass is 255 g/mol. The third-order valence-electron chi connectivity index (χ3n) is 2.01. The molecule has 1 aliphatic heterocycles. The van der Waals surface area contributed by atoms with Crippen molar-refractivity contribution < 1.29 is 8.42 Å². The lowest BCUT2D eigenvalue weighted by atomic mass is 10.4. The molecule has 0 atom stereocenters. The number of rotatable bonds is 2. The van der Waals surface area contributed by atoms with Crippen LogP contribution in [0.15, 0.2) is 27.8 Å². The van der Waals surface area contributed by atoms with Crippen LogP contribution >= 0.6 is 0 Å². The highest BCUT2D eigenvalue weighted by molar-refractivity contribution is 7.90. The number of sulfonamides is 1. The summed E-state index contributed by atoms with van der Waals surface area (Å²) in [5.74, 6) is 0.150. The fourth-order valence-corrected chi connectivity index (χ4v) is 2.30. The van der Waals surface area contributed by atoms with Gasteiger partial charge in [0.2, 0.25) is 5.96 Å². The number of anilines is 1. The number of pyridine rings is 1. The summed E-state index contributed by atoms with van der Waals surface area (Å²) in [7, 11) is -3.68. The maximum atomic E-state index is 11.8. The van der Waals surface area contributed by atoms with E-state index < -0.39 is 10.0 Å². The zero-order valence-electron chi connectivity index (χ0n) is 9.43. The number of hydrazine groups is 1. The van der Waals surface area contributed by atoms with E-state index in [-0.39, 0.29) is 16.9 Å². The number of guanidine groups is 1. The maximum Gasteiger partial charge on any atom is 0.289 e. The van der Waals surface area contributed by atoms with Crippen LogP contribution < -0.4 is 16.2 Å². The van der Waals surface area contributed by atoms with E-state index in [0.717, 1.165) is 0 Å². The van der Waals surface area contributed by atoms with Crippen LogP contribution in [0.1, 0.15) is 13.8 Å². The van der Waals surface area contributed by atoms with E-state index in [9.17, 15) is 8.42 Å². The second-order valence-corrected chi connectivity index (χ2v) is 5.41. The largest absolute Gasteiger partial charge is 0.323 e. The Bertz CT molecular complexity index is 552. The quantitative estimate of drug-likeness (QED) is 0.646. The molecule has 0 saturated carbocycles. The van der Waals surface area contributed by atoms with Gasteiger partial charge in [0.1, 0.15) is 4.90 Å². The standard InChI is InChI=1S/C9H13N5O2S/c1-6(2)12-13-9-11-7-3-4-10-5-8(7)17(15,16)14-9/h3-6,12H,1-2H3,(H2,11,13,14). The number of nitrogens with zero attached hydrogens (tertiary/aromatic N) is 2. The first-order valence-corrected chi connectivity index (χ1v) is 6.50. The molecule has 2 rings (SSSR count). The van der Waals surface area contributed by atoms with E-state index in [1.165, 1.54) is 12.4 Å². The SMILES string of the molecule is CC(C)NNC1=NS(=O)(=O)c2cnccc2N1. The van der Waals surface area contributed by atoms with E-state index in [1.54, 1.807) is 6.07 Å². The van der Waals surface area contributed by atoms with Crippen LogP contribution in [-0.4, -0.2) is 25.4 Å². The van der Waals surface area contributed by atoms with Gasteiger partial charge in [-0.05, 0) is 19.9 Å². The lowest BCUT2D eigenvalue weighted by molar-refractivity contribution is 0.555. The van der Waals surface area contributed by atoms with Gasteiger partial charge in [-0.15, -0.1) is 4.40 Å². The van der Waals surface area contributed by atoms with Crippen LogP contribution in [0.5, 0.6) is 0 Å². The second-order valence-electron chi connectivity index (χ2n) is 3.84. The summed E-state index contributed by atoms with van der Waals surface area (Å²) in [4.78, 5) is 3.85. The first-order valence-electron chi connectivity index (χ1n) is 5.06. The van der Waals surface area contributed by atoms with Crippen LogP contribution in [0.2, 0.25) is 0 Å². The number of aromatic nitrogens is 1. The van der Waals surface area contributed by atoms with Gasteiger partial charge in [0.05, 0.1) is 5.69 Å². The zero-order chi connectivity index (χ0) is 12.5. The smallest absolute Gasteiger partial charge is 0.289 e. The molecular formula is C9H13N5O2S. The van der Waals surface area contributed by atoms with Gasteiger partial charge in [-0.1, -0.05) is 0 Å². The Hall–Kier alpha value is -1.67. The van der Waals surface area contributed by atoms with Gasteiger partial charge in [0.15, 0.2) is 0 Å². The van der Waals surface area contributed by atoms with Crippen molar-refractivity contribution in [3.8, 4) is 0 Å². The number of hydrogen-bond donors (Lipinski definition) is 3. The molecule has 92 valence electrons. The van der Waals surface area contributed by atoms with Crippen molar-refractivity contribution in [2.45, 2.75) is 24.8 Å². The van der Waals surface area contributed by atoms with Crippen molar-refractivity contribution in [2.24, 2.45) is 4.40 Å². The summed E-state index contributed by atoms with van der Waals surface area (Å²) in [6, 6.07) is 1.74. The summed E-state index contributed by atoms with van der Waals surface area (Å²) in [6.07, 6.45) is 2.79. The molecule has 8 heteroatoms. The van der Waals surface area contributed by atoms with E-state index in [2.05, 4.69) is 25.6 Å². The van der Waals surface area contributed by atoms with Crippen molar-refractivity contribution in [3.63, 3.8) is 0 Å². The predicted octanol–water partition coefficient (Wildman–Crippen LogP) is 0.0544. The van der Waals surface area contributed by atoms with Crippen LogP contribution in [0, 0.1) is 0 Å². The number of nitrogens with one attached hydrogen (secondary N) is 3. The molecule has 2 heterocycles. The molecule has 1 aromatic heterocycles. The molecule has 0 aliphatic carbocycles. The number of hydrogen-bond acceptors (Lipinski definition) is 6. The van der Waals surface area contributed by atoms with Crippen LogP contribution in [0.3, 0.4) is 0 Å². The Kier molecular flexibility index (Phi) is 2.99. The molecule has 0 radical (unpaired) electrons. The fraction of sp³-hybridized carbons (Fsp3) is 0.333. The molecule has 3 N–H and O–H groups in total. The Morgan fingerprint density at radius 2 is 2.18 bits per heavy atom. The van der Waals surface area contributed by atoms with E-state index in [0.29, 0.717) is 5.69 Å². The Balaban J connectivity index is 2.29. The third kappa shape index (κ3) is 2.53. The van der Waals surface area contributed by atoms with Crippen molar-refractivity contribution in [2.75, 3.05) is 5.32 Å². The minimum atomic E-state index is -3.68. The molecule has 1 aromatic rings. The van der Waals surface area contributed by atoms with Gasteiger partial charge in [0.25, 0.3) is 10.0 Å². The molecule has 0 spiro atoms. The van der Waals surface area contributed by atoms with Gasteiger partial charge >= 0.3 is 0 Å². The molecule has 0 fully saturated rings. The van der Waals surface area contributed by atoms with Crippen LogP contribution in [-0.2, 0) is 10.0 Å². The molecule has 0 bridgehead atoms. The third-order valence-corrected chi connectivity index (χ3v) is 3.31. The Morgan fingerprint density at radius 3 is 2.88 bits per heavy atom. The molecule has 0 unspecified atom stereocenters. The summed E-state index contributed by atoms with van der Waals surface area (Å²) >= 11 is 0. The minimum absolute atomic E-state index is 0.0788. The van der Waals surface area contributed by atoms with Crippen LogP contribution in [0.4, 0.5) is 5.69 Å².